The van der Waals surface area contributed by atoms with Crippen LogP contribution >= 0.6 is 0 Å². The first kappa shape index (κ1) is 20.5. The lowest BCUT2D eigenvalue weighted by atomic mass is 9.91. The van der Waals surface area contributed by atoms with Gasteiger partial charge in [-0.15, -0.1) is 0 Å². The minimum atomic E-state index is 0.953. The Bertz CT molecular complexity index is 1340. The number of piperazine rings is 2. The van der Waals surface area contributed by atoms with Gasteiger partial charge in [-0.3, -0.25) is 0 Å². The first-order valence-corrected chi connectivity index (χ1v) is 12.1. The molecule has 0 atom stereocenters. The van der Waals surface area contributed by atoms with Gasteiger partial charge in [-0.05, 0) is 36.2 Å². The summed E-state index contributed by atoms with van der Waals surface area (Å²) in [5.74, 6) is 0.953. The maximum atomic E-state index is 6.63. The fraction of sp³-hybridized carbons (Fsp3) is 0.321. The molecule has 2 aromatic carbocycles. The van der Waals surface area contributed by atoms with Gasteiger partial charge >= 0.3 is 0 Å². The lowest BCUT2D eigenvalue weighted by molar-refractivity contribution is 0.466. The molecule has 168 valence electrons. The third-order valence-corrected chi connectivity index (χ3v) is 7.07. The fourth-order valence-electron chi connectivity index (χ4n) is 5.25. The van der Waals surface area contributed by atoms with Crippen LogP contribution in [0.5, 0.6) is 0 Å². The van der Waals surface area contributed by atoms with Gasteiger partial charge < -0.3 is 20.0 Å². The molecule has 5 heteroatoms. The molecule has 0 spiro atoms. The van der Waals surface area contributed by atoms with E-state index in [1.165, 1.54) is 38.7 Å². The number of anilines is 1. The molecular formula is C28H31N4O+. The first-order chi connectivity index (χ1) is 16.3. The van der Waals surface area contributed by atoms with Gasteiger partial charge in [-0.2, -0.15) is 0 Å². The van der Waals surface area contributed by atoms with E-state index in [4.69, 9.17) is 4.42 Å². The topological polar surface area (TPSA) is 43.5 Å². The second kappa shape index (κ2) is 8.65. The summed E-state index contributed by atoms with van der Waals surface area (Å²) in [6.07, 6.45) is 0. The summed E-state index contributed by atoms with van der Waals surface area (Å²) >= 11 is 0. The van der Waals surface area contributed by atoms with Crippen LogP contribution in [0.2, 0.25) is 0 Å². The molecule has 1 aliphatic carbocycles. The van der Waals surface area contributed by atoms with Crippen molar-refractivity contribution in [2.45, 2.75) is 6.92 Å². The number of rotatable bonds is 2. The highest BCUT2D eigenvalue weighted by Crippen LogP contribution is 2.41. The standard InChI is InChI=1S/C28H31N4O/c1-20-4-2-3-5-23(20)28-24-8-6-21(31-14-10-29-11-15-31)18-26(24)33-27-19-22(7-9-25(27)28)32-16-12-30-13-17-32/h2-9,18-19,29-30H,10-17H2,1H3/q+1. The molecular weight excluding hydrogens is 408 g/mol. The van der Waals surface area contributed by atoms with Crippen molar-refractivity contribution in [2.75, 3.05) is 57.3 Å². The van der Waals surface area contributed by atoms with Crippen molar-refractivity contribution < 1.29 is 4.42 Å². The van der Waals surface area contributed by atoms with Gasteiger partial charge in [0.05, 0.1) is 19.2 Å². The molecule has 0 aromatic heterocycles. The zero-order valence-electron chi connectivity index (χ0n) is 19.2. The van der Waals surface area contributed by atoms with Crippen molar-refractivity contribution in [2.24, 2.45) is 0 Å². The van der Waals surface area contributed by atoms with Gasteiger partial charge in [0.2, 0.25) is 5.36 Å². The quantitative estimate of drug-likeness (QED) is 0.372. The number of hydrogen-bond donors (Lipinski definition) is 2. The molecule has 3 aliphatic heterocycles. The smallest absolute Gasteiger partial charge is 0.203 e. The minimum absolute atomic E-state index is 0.953. The number of nitrogens with one attached hydrogen (secondary N) is 2. The fourth-order valence-corrected chi connectivity index (χ4v) is 5.25. The van der Waals surface area contributed by atoms with Crippen LogP contribution in [0, 0.1) is 6.92 Å². The van der Waals surface area contributed by atoms with E-state index in [1.54, 1.807) is 0 Å². The van der Waals surface area contributed by atoms with E-state index in [0.717, 1.165) is 63.7 Å². The van der Waals surface area contributed by atoms with Gasteiger partial charge in [-0.25, -0.2) is 4.58 Å². The maximum Gasteiger partial charge on any atom is 0.203 e. The van der Waals surface area contributed by atoms with Crippen molar-refractivity contribution in [3.63, 3.8) is 0 Å². The summed E-state index contributed by atoms with van der Waals surface area (Å²) < 4.78 is 9.07. The van der Waals surface area contributed by atoms with Crippen LogP contribution in [0.4, 0.5) is 5.69 Å². The van der Waals surface area contributed by atoms with Crippen molar-refractivity contribution in [3.8, 4) is 22.5 Å². The van der Waals surface area contributed by atoms with Crippen LogP contribution in [0.3, 0.4) is 0 Å². The van der Waals surface area contributed by atoms with Crippen molar-refractivity contribution in [3.05, 3.63) is 71.6 Å². The molecule has 0 radical (unpaired) electrons. The minimum Gasteiger partial charge on any atom is -0.456 e. The Kier molecular flexibility index (Phi) is 5.36. The summed E-state index contributed by atoms with van der Waals surface area (Å²) in [7, 11) is 0. The molecule has 0 saturated carbocycles. The molecule has 4 aliphatic rings. The second-order valence-electron chi connectivity index (χ2n) is 9.13. The van der Waals surface area contributed by atoms with Gasteiger partial charge in [0.15, 0.2) is 13.1 Å². The number of hydrogen-bond acceptors (Lipinski definition) is 4. The van der Waals surface area contributed by atoms with E-state index in [2.05, 4.69) is 87.7 Å². The molecule has 6 rings (SSSR count). The highest BCUT2D eigenvalue weighted by Gasteiger charge is 2.21. The largest absolute Gasteiger partial charge is 0.456 e. The summed E-state index contributed by atoms with van der Waals surface area (Å²) in [5, 5.41) is 9.30. The van der Waals surface area contributed by atoms with Crippen LogP contribution in [-0.2, 0) is 0 Å². The summed E-state index contributed by atoms with van der Waals surface area (Å²) in [4.78, 5) is 2.44. The predicted molar refractivity (Wildman–Crippen MR) is 136 cm³/mol. The Morgan fingerprint density at radius 3 is 2.42 bits per heavy atom. The van der Waals surface area contributed by atoms with Gasteiger partial charge in [-0.1, -0.05) is 24.3 Å². The van der Waals surface area contributed by atoms with E-state index in [9.17, 15) is 0 Å². The molecule has 5 nitrogen and oxygen atoms in total. The number of nitrogens with zero attached hydrogens (tertiary/aromatic N) is 2. The van der Waals surface area contributed by atoms with Crippen LogP contribution in [0.25, 0.3) is 33.4 Å². The van der Waals surface area contributed by atoms with Crippen LogP contribution in [0.1, 0.15) is 5.56 Å². The lowest BCUT2D eigenvalue weighted by Gasteiger charge is -2.29. The van der Waals surface area contributed by atoms with Crippen LogP contribution in [0.15, 0.2) is 65.1 Å². The van der Waals surface area contributed by atoms with Crippen molar-refractivity contribution in [1.29, 1.82) is 0 Å². The van der Waals surface area contributed by atoms with E-state index < -0.39 is 0 Å². The average molecular weight is 440 g/mol. The molecule has 0 amide bonds. The number of benzene rings is 3. The highest BCUT2D eigenvalue weighted by molar-refractivity contribution is 6.03. The molecule has 2 aromatic rings. The Hall–Kier alpha value is -3.15. The van der Waals surface area contributed by atoms with Crippen molar-refractivity contribution in [1.82, 2.24) is 15.2 Å². The normalized spacial score (nSPS) is 17.1. The van der Waals surface area contributed by atoms with Crippen LogP contribution < -0.4 is 25.5 Å². The molecule has 0 bridgehead atoms. The third-order valence-electron chi connectivity index (χ3n) is 7.07. The zero-order chi connectivity index (χ0) is 22.2. The summed E-state index contributed by atoms with van der Waals surface area (Å²) in [5.41, 5.74) is 7.18. The molecule has 0 unspecified atom stereocenters. The second-order valence-corrected chi connectivity index (χ2v) is 9.13. The van der Waals surface area contributed by atoms with Crippen LogP contribution in [-0.4, -0.2) is 52.4 Å². The average Bonchev–Trinajstić information content (AvgIpc) is 2.88. The predicted octanol–water partition coefficient (Wildman–Crippen LogP) is 3.30. The van der Waals surface area contributed by atoms with Gasteiger partial charge in [0, 0.05) is 60.5 Å². The first-order valence-electron chi connectivity index (χ1n) is 12.1. The Morgan fingerprint density at radius 1 is 0.818 bits per heavy atom. The maximum absolute atomic E-state index is 6.63. The summed E-state index contributed by atoms with van der Waals surface area (Å²) in [6.45, 7) is 10.4. The Morgan fingerprint density at radius 2 is 1.61 bits per heavy atom. The number of aryl methyl sites for hydroxylation is 1. The molecule has 3 heterocycles. The molecule has 33 heavy (non-hydrogen) atoms. The molecule has 2 fully saturated rings. The van der Waals surface area contributed by atoms with E-state index in [0.29, 0.717) is 0 Å². The van der Waals surface area contributed by atoms with E-state index in [1.807, 2.05) is 0 Å². The monoisotopic (exact) mass is 439 g/mol. The van der Waals surface area contributed by atoms with E-state index in [-0.39, 0.29) is 0 Å². The zero-order valence-corrected chi connectivity index (χ0v) is 19.2. The Balaban J connectivity index is 1.61. The molecule has 2 N–H and O–H groups in total. The lowest BCUT2D eigenvalue weighted by Crippen LogP contribution is -2.45. The van der Waals surface area contributed by atoms with Crippen molar-refractivity contribution >= 4 is 16.7 Å². The van der Waals surface area contributed by atoms with Gasteiger partial charge in [0.1, 0.15) is 11.3 Å². The molecule has 2 saturated heterocycles. The Labute approximate surface area is 194 Å². The summed E-state index contributed by atoms with van der Waals surface area (Å²) in [6, 6.07) is 22.2. The number of fused-ring (bicyclic) bond motifs is 2. The van der Waals surface area contributed by atoms with Gasteiger partial charge in [0.25, 0.3) is 0 Å². The van der Waals surface area contributed by atoms with E-state index >= 15 is 0 Å². The SMILES string of the molecule is Cc1ccccc1-c1c2ccc(=[N+]3CCNCC3)cc-2oc2cc(N3CCNCC3)ccc12. The highest BCUT2D eigenvalue weighted by atomic mass is 16.3. The third kappa shape index (κ3) is 3.81.